The first-order valence-electron chi connectivity index (χ1n) is 19.1. The molecule has 0 fully saturated rings. The molecular weight excluding hydrogens is 703 g/mol. The molecule has 282 valence electrons. The molecule has 3 heterocycles. The molecule has 6 heteroatoms. The molecule has 0 amide bonds. The molecule has 0 saturated carbocycles. The first kappa shape index (κ1) is 38.2. The van der Waals surface area contributed by atoms with Crippen molar-refractivity contribution in [3.05, 3.63) is 250 Å². The van der Waals surface area contributed by atoms with Crippen LogP contribution in [0.25, 0.3) is 0 Å². The first-order valence-corrected chi connectivity index (χ1v) is 19.1. The number of ketones is 3. The van der Waals surface area contributed by atoms with Gasteiger partial charge in [-0.25, -0.2) is 0 Å². The number of nitrogens with zero attached hydrogens (tertiary/aromatic N) is 3. The maximum Gasteiger partial charge on any atom is 0.178 e. The van der Waals surface area contributed by atoms with Gasteiger partial charge < -0.3 is 14.7 Å². The summed E-state index contributed by atoms with van der Waals surface area (Å²) >= 11 is 0. The van der Waals surface area contributed by atoms with Crippen molar-refractivity contribution in [2.45, 2.75) is 40.4 Å². The van der Waals surface area contributed by atoms with Gasteiger partial charge in [-0.2, -0.15) is 0 Å². The lowest BCUT2D eigenvalue weighted by molar-refractivity contribution is -0.111. The Morgan fingerprint density at radius 1 is 0.316 bits per heavy atom. The molecule has 6 aliphatic rings. The van der Waals surface area contributed by atoms with Gasteiger partial charge in [0.1, 0.15) is 0 Å². The monoisotopic (exact) mass is 747 g/mol. The largest absolute Gasteiger partial charge is 0.350 e. The number of allylic oxidation sites excluding steroid dienone is 30. The van der Waals surface area contributed by atoms with Crippen molar-refractivity contribution in [1.82, 2.24) is 14.7 Å². The van der Waals surface area contributed by atoms with E-state index in [4.69, 9.17) is 0 Å². The van der Waals surface area contributed by atoms with Crippen LogP contribution >= 0.6 is 0 Å². The third-order valence-corrected chi connectivity index (χ3v) is 10.5. The summed E-state index contributed by atoms with van der Waals surface area (Å²) in [5.41, 5.74) is 14.0. The Labute approximate surface area is 335 Å². The van der Waals surface area contributed by atoms with Gasteiger partial charge in [0.25, 0.3) is 0 Å². The molecule has 3 aliphatic heterocycles. The van der Waals surface area contributed by atoms with E-state index < -0.39 is 0 Å². The van der Waals surface area contributed by atoms with Gasteiger partial charge >= 0.3 is 0 Å². The lowest BCUT2D eigenvalue weighted by atomic mass is 9.87. The normalized spacial score (nSPS) is 17.9. The molecule has 0 N–H and O–H groups in total. The quantitative estimate of drug-likeness (QED) is 0.251. The second-order valence-corrected chi connectivity index (χ2v) is 14.4. The van der Waals surface area contributed by atoms with E-state index in [0.29, 0.717) is 0 Å². The molecule has 3 aliphatic carbocycles. The molecule has 1 aromatic rings. The molecule has 6 nitrogen and oxygen atoms in total. The highest BCUT2D eigenvalue weighted by Crippen LogP contribution is 2.32. The molecule has 0 unspecified atom stereocenters. The summed E-state index contributed by atoms with van der Waals surface area (Å²) in [6.45, 7) is 8.96. The summed E-state index contributed by atoms with van der Waals surface area (Å²) < 4.78 is 0. The highest BCUT2D eigenvalue weighted by molar-refractivity contribution is 6.02. The van der Waals surface area contributed by atoms with Gasteiger partial charge in [0.05, 0.1) is 0 Å². The summed E-state index contributed by atoms with van der Waals surface area (Å²) in [5.74, 6) is 0.0331. The predicted molar refractivity (Wildman–Crippen MR) is 230 cm³/mol. The molecule has 1 aromatic carbocycles. The predicted octanol–water partition coefficient (Wildman–Crippen LogP) is 9.78. The van der Waals surface area contributed by atoms with Gasteiger partial charge in [0, 0.05) is 56.8 Å². The fourth-order valence-corrected chi connectivity index (χ4v) is 7.02. The van der Waals surface area contributed by atoms with Gasteiger partial charge in [0.2, 0.25) is 0 Å². The second kappa shape index (κ2) is 17.6. The van der Waals surface area contributed by atoms with Crippen LogP contribution in [-0.4, -0.2) is 32.0 Å². The van der Waals surface area contributed by atoms with E-state index in [1.807, 2.05) is 54.7 Å². The van der Waals surface area contributed by atoms with Crippen LogP contribution in [0.4, 0.5) is 0 Å². The van der Waals surface area contributed by atoms with E-state index in [9.17, 15) is 14.4 Å². The molecule has 0 aromatic heterocycles. The van der Waals surface area contributed by atoms with Crippen molar-refractivity contribution in [2.24, 2.45) is 0 Å². The summed E-state index contributed by atoms with van der Waals surface area (Å²) in [7, 11) is 0. The lowest BCUT2D eigenvalue weighted by Gasteiger charge is -2.30. The Balaban J connectivity index is 1.12. The van der Waals surface area contributed by atoms with Gasteiger partial charge in [0.15, 0.2) is 17.3 Å². The fraction of sp³-hybridized carbons (Fsp3) is 0.118. The Hall–Kier alpha value is -7.05. The Morgan fingerprint density at radius 3 is 0.719 bits per heavy atom. The minimum Gasteiger partial charge on any atom is -0.350 e. The van der Waals surface area contributed by atoms with Crippen molar-refractivity contribution >= 4 is 17.3 Å². The number of carbonyl (C=O) groups excluding carboxylic acids is 3. The van der Waals surface area contributed by atoms with Crippen LogP contribution in [0.2, 0.25) is 0 Å². The van der Waals surface area contributed by atoms with E-state index >= 15 is 0 Å². The van der Waals surface area contributed by atoms with Gasteiger partial charge in [-0.05, 0) is 161 Å². The summed E-state index contributed by atoms with van der Waals surface area (Å²) in [6, 6.07) is 0. The molecule has 57 heavy (non-hydrogen) atoms. The number of benzene rings is 1. The van der Waals surface area contributed by atoms with Crippen LogP contribution < -0.4 is 0 Å². The van der Waals surface area contributed by atoms with Crippen LogP contribution in [0.15, 0.2) is 216 Å². The third-order valence-electron chi connectivity index (χ3n) is 10.5. The van der Waals surface area contributed by atoms with E-state index in [-0.39, 0.29) is 17.3 Å². The van der Waals surface area contributed by atoms with Crippen molar-refractivity contribution in [1.29, 1.82) is 0 Å². The highest BCUT2D eigenvalue weighted by Gasteiger charge is 2.21. The minimum absolute atomic E-state index is 0.0110. The Kier molecular flexibility index (Phi) is 11.8. The zero-order chi connectivity index (χ0) is 39.7. The van der Waals surface area contributed by atoms with Gasteiger partial charge in [-0.1, -0.05) is 72.9 Å². The molecule has 0 atom stereocenters. The zero-order valence-electron chi connectivity index (χ0n) is 32.5. The van der Waals surface area contributed by atoms with E-state index in [0.717, 1.165) is 53.1 Å². The van der Waals surface area contributed by atoms with Crippen molar-refractivity contribution in [2.75, 3.05) is 0 Å². The van der Waals surface area contributed by atoms with Crippen molar-refractivity contribution < 1.29 is 14.4 Å². The number of hydrogen-bond acceptors (Lipinski definition) is 6. The number of hydrogen-bond donors (Lipinski definition) is 0. The zero-order valence-corrected chi connectivity index (χ0v) is 32.5. The summed E-state index contributed by atoms with van der Waals surface area (Å²) in [5, 5.41) is 0. The van der Waals surface area contributed by atoms with Crippen LogP contribution in [0, 0.1) is 20.8 Å². The maximum atomic E-state index is 11.5. The van der Waals surface area contributed by atoms with Crippen LogP contribution in [-0.2, 0) is 34.0 Å². The molecule has 0 saturated heterocycles. The van der Waals surface area contributed by atoms with Crippen LogP contribution in [0.5, 0.6) is 0 Å². The van der Waals surface area contributed by atoms with Crippen LogP contribution in [0.1, 0.15) is 33.4 Å². The smallest absolute Gasteiger partial charge is 0.178 e. The first-order chi connectivity index (χ1) is 27.7. The minimum atomic E-state index is 0.0110. The third kappa shape index (κ3) is 9.99. The average molecular weight is 748 g/mol. The average Bonchev–Trinajstić information content (AvgIpc) is 3.23. The highest BCUT2D eigenvalue weighted by atomic mass is 16.1. The molecule has 0 spiro atoms. The van der Waals surface area contributed by atoms with Gasteiger partial charge in [-0.3, -0.25) is 14.4 Å². The summed E-state index contributed by atoms with van der Waals surface area (Å²) in [6.07, 6.45) is 58.3. The molecule has 0 bridgehead atoms. The van der Waals surface area contributed by atoms with Gasteiger partial charge in [-0.15, -0.1) is 0 Å². The van der Waals surface area contributed by atoms with Crippen molar-refractivity contribution in [3.63, 3.8) is 0 Å². The topological polar surface area (TPSA) is 60.9 Å². The van der Waals surface area contributed by atoms with E-state index in [1.165, 1.54) is 33.4 Å². The van der Waals surface area contributed by atoms with Crippen LogP contribution in [0.3, 0.4) is 0 Å². The fourth-order valence-electron chi connectivity index (χ4n) is 7.02. The Bertz CT molecular complexity index is 2070. The maximum absolute atomic E-state index is 11.5. The summed E-state index contributed by atoms with van der Waals surface area (Å²) in [4.78, 5) is 41.2. The molecule has 7 rings (SSSR count). The molecular formula is C51H45N3O3. The number of carbonyl (C=O) groups is 3. The number of rotatable bonds is 9. The SMILES string of the molecule is Cc1c(CN2C=CC(=CC=C3C=CC(=O)C=C3)C=C2)c(C)c(CN2C=CC(=CC=C3C=CC(=O)C=C3)C=C2)c(C)c1CN1C=CC(=CC=C2C=CC(=O)C=C2)C=C1. The second-order valence-electron chi connectivity index (χ2n) is 14.4. The van der Waals surface area contributed by atoms with E-state index in [2.05, 4.69) is 127 Å². The van der Waals surface area contributed by atoms with E-state index in [1.54, 1.807) is 36.5 Å². The lowest BCUT2D eigenvalue weighted by Crippen LogP contribution is -2.21. The Morgan fingerprint density at radius 2 is 0.509 bits per heavy atom. The molecule has 0 radical (unpaired) electrons. The van der Waals surface area contributed by atoms with Crippen molar-refractivity contribution in [3.8, 4) is 0 Å². The standard InChI is InChI=1S/C51H45N3O3/c1-37-49(34-52-28-22-43(23-29-52)7-4-40-10-16-46(55)17-11-40)38(2)51(36-54-32-26-45(27-33-54)9-6-42-14-20-48(57)21-15-42)39(3)50(37)35-53-30-24-44(25-31-53)8-5-41-12-18-47(56)19-13-41/h4-33H,34-36H2,1-3H3.